The molecule has 3 rings (SSSR count). The van der Waals surface area contributed by atoms with Crippen molar-refractivity contribution in [2.24, 2.45) is 4.99 Å². The summed E-state index contributed by atoms with van der Waals surface area (Å²) in [5.41, 5.74) is 2.31. The normalized spacial score (nSPS) is 23.6. The molecule has 2 N–H and O–H groups in total. The second-order valence-electron chi connectivity index (χ2n) is 5.49. The van der Waals surface area contributed by atoms with E-state index in [2.05, 4.69) is 41.6 Å². The van der Waals surface area contributed by atoms with E-state index in [1.807, 2.05) is 0 Å². The van der Waals surface area contributed by atoms with Crippen LogP contribution in [0.4, 0.5) is 0 Å². The van der Waals surface area contributed by atoms with Crippen LogP contribution in [0.1, 0.15) is 25.0 Å². The van der Waals surface area contributed by atoms with E-state index < -0.39 is 0 Å². The summed E-state index contributed by atoms with van der Waals surface area (Å²) in [6, 6.07) is 4.56. The maximum absolute atomic E-state index is 5.81. The van der Waals surface area contributed by atoms with Crippen LogP contribution < -0.4 is 20.1 Å². The van der Waals surface area contributed by atoms with Gasteiger partial charge in [0, 0.05) is 30.1 Å². The van der Waals surface area contributed by atoms with Crippen molar-refractivity contribution in [3.8, 4) is 11.5 Å². The van der Waals surface area contributed by atoms with Gasteiger partial charge in [0.25, 0.3) is 0 Å². The average Bonchev–Trinajstić information content (AvgIpc) is 2.99. The highest BCUT2D eigenvalue weighted by molar-refractivity contribution is 5.81. The lowest BCUT2D eigenvalue weighted by molar-refractivity contribution is 0.254. The number of ether oxygens (including phenoxy) is 2. The number of benzene rings is 1. The van der Waals surface area contributed by atoms with Crippen molar-refractivity contribution in [2.75, 3.05) is 13.7 Å². The van der Waals surface area contributed by atoms with Crippen LogP contribution in [0.15, 0.2) is 17.1 Å². The monoisotopic (exact) mass is 275 g/mol. The van der Waals surface area contributed by atoms with Crippen LogP contribution in [0, 0.1) is 0 Å². The summed E-state index contributed by atoms with van der Waals surface area (Å²) in [5, 5.41) is 6.60. The molecule has 0 aromatic heterocycles. The van der Waals surface area contributed by atoms with Gasteiger partial charge in [-0.1, -0.05) is 0 Å². The molecule has 108 valence electrons. The van der Waals surface area contributed by atoms with Gasteiger partial charge in [0.2, 0.25) is 0 Å². The number of methoxy groups -OCH3 is 1. The quantitative estimate of drug-likeness (QED) is 0.877. The molecule has 0 saturated heterocycles. The molecule has 1 aromatic rings. The lowest BCUT2D eigenvalue weighted by Crippen LogP contribution is -2.37. The third-order valence-corrected chi connectivity index (χ3v) is 3.65. The Hall–Kier alpha value is -1.91. The Balaban J connectivity index is 1.74. The molecule has 0 radical (unpaired) electrons. The molecular weight excluding hydrogens is 254 g/mol. The van der Waals surface area contributed by atoms with E-state index in [0.29, 0.717) is 12.6 Å². The van der Waals surface area contributed by atoms with Crippen molar-refractivity contribution >= 4 is 5.96 Å². The Bertz CT molecular complexity index is 542. The van der Waals surface area contributed by atoms with Crippen LogP contribution in [0.25, 0.3) is 0 Å². The van der Waals surface area contributed by atoms with Gasteiger partial charge in [0.05, 0.1) is 13.7 Å². The van der Waals surface area contributed by atoms with Gasteiger partial charge in [-0.05, 0) is 26.0 Å². The van der Waals surface area contributed by atoms with Gasteiger partial charge in [0.15, 0.2) is 5.96 Å². The molecule has 5 nitrogen and oxygen atoms in total. The van der Waals surface area contributed by atoms with Crippen molar-refractivity contribution in [3.05, 3.63) is 23.3 Å². The zero-order valence-corrected chi connectivity index (χ0v) is 12.2. The largest absolute Gasteiger partial charge is 0.496 e. The number of fused-ring (bicyclic) bond motifs is 1. The third-order valence-electron chi connectivity index (χ3n) is 3.65. The Morgan fingerprint density at radius 3 is 3.00 bits per heavy atom. The van der Waals surface area contributed by atoms with E-state index in [0.717, 1.165) is 36.0 Å². The Kier molecular flexibility index (Phi) is 3.42. The Labute approximate surface area is 119 Å². The Morgan fingerprint density at radius 1 is 1.45 bits per heavy atom. The zero-order valence-electron chi connectivity index (χ0n) is 12.2. The number of nitrogens with zero attached hydrogens (tertiary/aromatic N) is 1. The minimum atomic E-state index is 0.250. The number of nitrogens with one attached hydrogen (secondary N) is 2. The topological polar surface area (TPSA) is 54.9 Å². The van der Waals surface area contributed by atoms with Crippen molar-refractivity contribution in [2.45, 2.75) is 39.0 Å². The molecule has 5 heteroatoms. The lowest BCUT2D eigenvalue weighted by Gasteiger charge is -2.13. The second-order valence-corrected chi connectivity index (χ2v) is 5.49. The first-order valence-electron chi connectivity index (χ1n) is 7.07. The van der Waals surface area contributed by atoms with Crippen LogP contribution in [-0.4, -0.2) is 31.8 Å². The smallest absolute Gasteiger partial charge is 0.191 e. The summed E-state index contributed by atoms with van der Waals surface area (Å²) >= 11 is 0. The molecule has 0 fully saturated rings. The first-order valence-corrected chi connectivity index (χ1v) is 7.07. The molecule has 0 bridgehead atoms. The van der Waals surface area contributed by atoms with Gasteiger partial charge in [0.1, 0.15) is 17.6 Å². The maximum atomic E-state index is 5.81. The van der Waals surface area contributed by atoms with Crippen molar-refractivity contribution in [3.63, 3.8) is 0 Å². The summed E-state index contributed by atoms with van der Waals surface area (Å²) in [6.45, 7) is 5.70. The number of hydrogen-bond acceptors (Lipinski definition) is 5. The number of aliphatic imine (C=N–C) groups is 1. The van der Waals surface area contributed by atoms with Crippen LogP contribution >= 0.6 is 0 Å². The summed E-state index contributed by atoms with van der Waals surface area (Å²) in [6.07, 6.45) is 1.20. The van der Waals surface area contributed by atoms with Gasteiger partial charge in [-0.15, -0.1) is 0 Å². The zero-order chi connectivity index (χ0) is 14.1. The summed E-state index contributed by atoms with van der Waals surface area (Å²) in [4.78, 5) is 4.39. The van der Waals surface area contributed by atoms with E-state index in [9.17, 15) is 0 Å². The molecule has 20 heavy (non-hydrogen) atoms. The standard InChI is InChI=1S/C15H21N3O2/c1-9-7-16-15(18-9)17-8-12-6-14-11(4-10(2)20-14)5-13(12)19-3/h5-6,9-10H,4,7-8H2,1-3H3,(H2,16,17,18). The van der Waals surface area contributed by atoms with Gasteiger partial charge in [-0.2, -0.15) is 0 Å². The summed E-state index contributed by atoms with van der Waals surface area (Å²) < 4.78 is 11.3. The van der Waals surface area contributed by atoms with Crippen LogP contribution in [-0.2, 0) is 13.0 Å². The first kappa shape index (κ1) is 13.1. The summed E-state index contributed by atoms with van der Waals surface area (Å²) in [7, 11) is 1.71. The fraction of sp³-hybridized carbons (Fsp3) is 0.533. The highest BCUT2D eigenvalue weighted by Crippen LogP contribution is 2.34. The molecule has 2 aliphatic rings. The molecule has 1 aromatic carbocycles. The SMILES string of the molecule is COc1cc2c(cc1CNC1=NCC(C)N1)OC(C)C2. The highest BCUT2D eigenvalue weighted by atomic mass is 16.5. The van der Waals surface area contributed by atoms with Crippen molar-refractivity contribution in [1.82, 2.24) is 10.6 Å². The van der Waals surface area contributed by atoms with Gasteiger partial charge in [-0.25, -0.2) is 0 Å². The number of guanidine groups is 1. The summed E-state index contributed by atoms with van der Waals surface area (Å²) in [5.74, 6) is 2.74. The van der Waals surface area contributed by atoms with Gasteiger partial charge < -0.3 is 20.1 Å². The van der Waals surface area contributed by atoms with Gasteiger partial charge in [-0.3, -0.25) is 4.99 Å². The molecule has 2 unspecified atom stereocenters. The molecule has 2 aliphatic heterocycles. The predicted molar refractivity (Wildman–Crippen MR) is 78.5 cm³/mol. The maximum Gasteiger partial charge on any atom is 0.191 e. The first-order chi connectivity index (χ1) is 9.65. The Morgan fingerprint density at radius 2 is 2.30 bits per heavy atom. The average molecular weight is 275 g/mol. The number of rotatable bonds is 3. The minimum absolute atomic E-state index is 0.250. The van der Waals surface area contributed by atoms with Crippen molar-refractivity contribution < 1.29 is 9.47 Å². The van der Waals surface area contributed by atoms with Crippen LogP contribution in [0.3, 0.4) is 0 Å². The number of hydrogen-bond donors (Lipinski definition) is 2. The highest BCUT2D eigenvalue weighted by Gasteiger charge is 2.22. The molecule has 0 aliphatic carbocycles. The lowest BCUT2D eigenvalue weighted by atomic mass is 10.1. The van der Waals surface area contributed by atoms with E-state index >= 15 is 0 Å². The van der Waals surface area contributed by atoms with E-state index in [-0.39, 0.29) is 6.10 Å². The molecular formula is C15H21N3O2. The van der Waals surface area contributed by atoms with Crippen LogP contribution in [0.5, 0.6) is 11.5 Å². The van der Waals surface area contributed by atoms with Crippen molar-refractivity contribution in [1.29, 1.82) is 0 Å². The molecule has 2 atom stereocenters. The predicted octanol–water partition coefficient (Wildman–Crippen LogP) is 1.46. The molecule has 2 heterocycles. The fourth-order valence-corrected chi connectivity index (χ4v) is 2.65. The van der Waals surface area contributed by atoms with E-state index in [4.69, 9.17) is 9.47 Å². The molecule has 0 amide bonds. The molecule has 0 spiro atoms. The fourth-order valence-electron chi connectivity index (χ4n) is 2.65. The van der Waals surface area contributed by atoms with E-state index in [1.54, 1.807) is 7.11 Å². The van der Waals surface area contributed by atoms with Crippen LogP contribution in [0.2, 0.25) is 0 Å². The third kappa shape index (κ3) is 2.53. The van der Waals surface area contributed by atoms with E-state index in [1.165, 1.54) is 5.56 Å². The molecule has 0 saturated carbocycles. The second kappa shape index (κ2) is 5.23. The van der Waals surface area contributed by atoms with Gasteiger partial charge >= 0.3 is 0 Å². The minimum Gasteiger partial charge on any atom is -0.496 e.